The van der Waals surface area contributed by atoms with E-state index in [1.165, 1.54) is 11.6 Å². The van der Waals surface area contributed by atoms with Crippen LogP contribution in [0.5, 0.6) is 11.5 Å². The van der Waals surface area contributed by atoms with Crippen molar-refractivity contribution in [1.82, 2.24) is 19.6 Å². The molecule has 3 N–H and O–H groups in total. The first-order chi connectivity index (χ1) is 27.7. The van der Waals surface area contributed by atoms with Crippen molar-refractivity contribution in [3.63, 3.8) is 0 Å². The quantitative estimate of drug-likeness (QED) is 0.107. The van der Waals surface area contributed by atoms with Gasteiger partial charge in [-0.25, -0.2) is 18.1 Å². The van der Waals surface area contributed by atoms with Crippen LogP contribution in [-0.4, -0.2) is 81.7 Å². The van der Waals surface area contributed by atoms with Crippen molar-refractivity contribution in [1.29, 1.82) is 0 Å². The third-order valence-electron chi connectivity index (χ3n) is 11.5. The number of allylic oxidation sites excluding steroid dienone is 2. The fourth-order valence-electron chi connectivity index (χ4n) is 8.21. The molecule has 0 saturated carbocycles. The fraction of sp³-hybridized carbons (Fsp3) is 0.364. The summed E-state index contributed by atoms with van der Waals surface area (Å²) in [5.41, 5.74) is 4.63. The topological polar surface area (TPSA) is 129 Å². The molecule has 2 aliphatic heterocycles. The third-order valence-corrected chi connectivity index (χ3v) is 13.1. The predicted octanol–water partition coefficient (Wildman–Crippen LogP) is 8.15. The molecule has 1 amide bonds. The monoisotopic (exact) mass is 808 g/mol. The third kappa shape index (κ3) is 9.31. The number of anilines is 2. The van der Waals surface area contributed by atoms with E-state index in [0.29, 0.717) is 29.2 Å². The number of pyridine rings is 1. The van der Waals surface area contributed by atoms with Crippen LogP contribution in [0.15, 0.2) is 102 Å². The van der Waals surface area contributed by atoms with Gasteiger partial charge in [-0.15, -0.1) is 0 Å². The zero-order valence-corrected chi connectivity index (χ0v) is 33.7. The molecule has 298 valence electrons. The second-order valence-electron chi connectivity index (χ2n) is 15.3. The number of hydrogen-bond acceptors (Lipinski definition) is 9. The molecule has 0 bridgehead atoms. The number of nitrogens with zero attached hydrogens (tertiary/aromatic N) is 3. The summed E-state index contributed by atoms with van der Waals surface area (Å²) in [5, 5.41) is 5.06. The first-order valence-corrected chi connectivity index (χ1v) is 21.7. The van der Waals surface area contributed by atoms with E-state index in [1.807, 2.05) is 43.3 Å². The molecule has 2 saturated heterocycles. The molecule has 2 atom stereocenters. The Balaban J connectivity index is 0.969. The average molecular weight is 809 g/mol. The van der Waals surface area contributed by atoms with Crippen molar-refractivity contribution in [2.45, 2.75) is 43.4 Å². The molecule has 5 aromatic rings. The van der Waals surface area contributed by atoms with Gasteiger partial charge >= 0.3 is 0 Å². The van der Waals surface area contributed by atoms with Crippen LogP contribution >= 0.6 is 11.6 Å². The van der Waals surface area contributed by atoms with Gasteiger partial charge in [-0.1, -0.05) is 35.9 Å². The number of aryl methyl sites for hydroxylation is 1. The molecule has 3 aliphatic rings. The number of sulfonamides is 1. The molecule has 11 nitrogen and oxygen atoms in total. The minimum absolute atomic E-state index is 0.00719. The number of benzene rings is 3. The van der Waals surface area contributed by atoms with Gasteiger partial charge in [0.15, 0.2) is 0 Å². The highest BCUT2D eigenvalue weighted by atomic mass is 35.5. The van der Waals surface area contributed by atoms with Gasteiger partial charge in [-0.2, -0.15) is 0 Å². The molecule has 2 unspecified atom stereocenters. The van der Waals surface area contributed by atoms with Gasteiger partial charge in [-0.05, 0) is 110 Å². The van der Waals surface area contributed by atoms with Gasteiger partial charge < -0.3 is 24.7 Å². The summed E-state index contributed by atoms with van der Waals surface area (Å²) in [7, 11) is -4.21. The van der Waals surface area contributed by atoms with Crippen molar-refractivity contribution in [2.75, 3.05) is 62.7 Å². The molecule has 0 spiro atoms. The number of hydrogen-bond donors (Lipinski definition) is 3. The maximum Gasteiger partial charge on any atom is 0.268 e. The first-order valence-electron chi connectivity index (χ1n) is 19.8. The minimum Gasteiger partial charge on any atom is -0.455 e. The SMILES string of the molecule is Cc1cc(S(=O)(=O)NC(=O)c2ccc(N3CCN(CC4CCC=CC4c4ccc(Cl)cc4)CC3)cc2Oc2cnc3[nH]ccc3c2)ccc1NCC1CCOCC1. The van der Waals surface area contributed by atoms with Crippen LogP contribution < -0.4 is 19.7 Å². The molecular formula is C44H49ClN6O5S. The van der Waals surface area contributed by atoms with Crippen molar-refractivity contribution < 1.29 is 22.7 Å². The van der Waals surface area contributed by atoms with Crippen molar-refractivity contribution in [3.05, 3.63) is 119 Å². The van der Waals surface area contributed by atoms with Gasteiger partial charge in [0.2, 0.25) is 0 Å². The molecular weight excluding hydrogens is 760 g/mol. The van der Waals surface area contributed by atoms with Gasteiger partial charge in [0.25, 0.3) is 15.9 Å². The molecule has 1 aliphatic carbocycles. The summed E-state index contributed by atoms with van der Waals surface area (Å²) in [5.74, 6) is 1.27. The lowest BCUT2D eigenvalue weighted by atomic mass is 9.79. The lowest BCUT2D eigenvalue weighted by Crippen LogP contribution is -2.48. The Kier molecular flexibility index (Phi) is 11.8. The minimum atomic E-state index is -4.21. The maximum absolute atomic E-state index is 13.9. The molecule has 13 heteroatoms. The van der Waals surface area contributed by atoms with Crippen LogP contribution in [0, 0.1) is 18.8 Å². The Morgan fingerprint density at radius 2 is 1.79 bits per heavy atom. The number of carbonyl (C=O) groups excluding carboxylic acids is 1. The van der Waals surface area contributed by atoms with Crippen molar-refractivity contribution in [2.24, 2.45) is 11.8 Å². The number of aromatic nitrogens is 2. The van der Waals surface area contributed by atoms with E-state index in [4.69, 9.17) is 21.1 Å². The van der Waals surface area contributed by atoms with Gasteiger partial charge in [0.05, 0.1) is 16.7 Å². The summed E-state index contributed by atoms with van der Waals surface area (Å²) < 4.78 is 41.4. The van der Waals surface area contributed by atoms with Crippen molar-refractivity contribution >= 4 is 49.9 Å². The molecule has 3 aromatic carbocycles. The Morgan fingerprint density at radius 1 is 0.982 bits per heavy atom. The van der Waals surface area contributed by atoms with E-state index in [-0.39, 0.29) is 16.2 Å². The van der Waals surface area contributed by atoms with Gasteiger partial charge in [0, 0.05) is 92.4 Å². The Hall–Kier alpha value is -4.88. The Labute approximate surface area is 339 Å². The number of fused-ring (bicyclic) bond motifs is 1. The normalized spacial score (nSPS) is 19.4. The number of H-pyrrole nitrogens is 1. The van der Waals surface area contributed by atoms with Crippen LogP contribution in [0.3, 0.4) is 0 Å². The van der Waals surface area contributed by atoms with E-state index >= 15 is 0 Å². The highest BCUT2D eigenvalue weighted by Crippen LogP contribution is 2.36. The summed E-state index contributed by atoms with van der Waals surface area (Å²) >= 11 is 6.19. The lowest BCUT2D eigenvalue weighted by molar-refractivity contribution is 0.0699. The number of carbonyl (C=O) groups is 1. The fourth-order valence-corrected chi connectivity index (χ4v) is 9.38. The molecule has 57 heavy (non-hydrogen) atoms. The highest BCUT2D eigenvalue weighted by Gasteiger charge is 2.29. The zero-order chi connectivity index (χ0) is 39.4. The standard InChI is InChI=1S/C44H49ClN6O5S/c1-30-24-38(11-13-41(30)47-27-31-15-22-55-23-16-31)57(53,54)49-44(52)40-12-10-36(26-42(40)56-37-25-33-14-17-46-43(33)48-28-37)51-20-18-50(19-21-51)29-34-4-2-3-5-39(34)32-6-8-35(45)9-7-32/h3,5-14,17,24-26,28,31,34,39,47H,2,4,15-16,18-23,27,29H2,1H3,(H,46,48)(H,49,52). The highest BCUT2D eigenvalue weighted by molar-refractivity contribution is 7.90. The van der Waals surface area contributed by atoms with E-state index in [2.05, 4.69) is 54.1 Å². The summed E-state index contributed by atoms with van der Waals surface area (Å²) in [6.07, 6.45) is 12.3. The molecule has 0 radical (unpaired) electrons. The summed E-state index contributed by atoms with van der Waals surface area (Å²) in [6, 6.07) is 22.2. The number of nitrogens with one attached hydrogen (secondary N) is 3. The van der Waals surface area contributed by atoms with Crippen LogP contribution in [-0.2, 0) is 14.8 Å². The first kappa shape index (κ1) is 39.0. The van der Waals surface area contributed by atoms with E-state index < -0.39 is 15.9 Å². The summed E-state index contributed by atoms with van der Waals surface area (Å²) in [6.45, 7) is 8.56. The Bertz CT molecular complexity index is 2340. The lowest BCUT2D eigenvalue weighted by Gasteiger charge is -2.39. The summed E-state index contributed by atoms with van der Waals surface area (Å²) in [4.78, 5) is 26.2. The second kappa shape index (κ2) is 17.3. The number of rotatable bonds is 12. The van der Waals surface area contributed by atoms with Crippen LogP contribution in [0.1, 0.15) is 53.1 Å². The number of halogens is 1. The number of piperazine rings is 1. The van der Waals surface area contributed by atoms with Crippen LogP contribution in [0.2, 0.25) is 5.02 Å². The number of aromatic amines is 1. The van der Waals surface area contributed by atoms with E-state index in [1.54, 1.807) is 30.6 Å². The number of ether oxygens (including phenoxy) is 2. The second-order valence-corrected chi connectivity index (χ2v) is 17.5. The van der Waals surface area contributed by atoms with Crippen LogP contribution in [0.4, 0.5) is 11.4 Å². The molecule has 8 rings (SSSR count). The molecule has 2 aromatic heterocycles. The van der Waals surface area contributed by atoms with Gasteiger partial charge in [-0.3, -0.25) is 9.69 Å². The van der Waals surface area contributed by atoms with E-state index in [9.17, 15) is 13.2 Å². The van der Waals surface area contributed by atoms with Crippen LogP contribution in [0.25, 0.3) is 11.0 Å². The largest absolute Gasteiger partial charge is 0.455 e. The maximum atomic E-state index is 13.9. The number of amides is 1. The Morgan fingerprint density at radius 3 is 2.58 bits per heavy atom. The van der Waals surface area contributed by atoms with Gasteiger partial charge in [0.1, 0.15) is 17.1 Å². The molecule has 2 fully saturated rings. The smallest absolute Gasteiger partial charge is 0.268 e. The van der Waals surface area contributed by atoms with E-state index in [0.717, 1.165) is 106 Å². The zero-order valence-electron chi connectivity index (χ0n) is 32.1. The molecule has 4 heterocycles. The van der Waals surface area contributed by atoms with Crippen molar-refractivity contribution in [3.8, 4) is 11.5 Å². The predicted molar refractivity (Wildman–Crippen MR) is 225 cm³/mol. The average Bonchev–Trinajstić information content (AvgIpc) is 3.70.